The number of anilines is 1. The summed E-state index contributed by atoms with van der Waals surface area (Å²) >= 11 is 0. The van der Waals surface area contributed by atoms with E-state index in [1.807, 2.05) is 6.92 Å². The molecule has 0 aliphatic carbocycles. The van der Waals surface area contributed by atoms with Gasteiger partial charge in [0, 0.05) is 13.6 Å². The molecule has 86 valence electrons. The Hall–Kier alpha value is -1.65. The first-order chi connectivity index (χ1) is 7.72. The highest BCUT2D eigenvalue weighted by Gasteiger charge is 2.11. The first-order valence-corrected chi connectivity index (χ1v) is 5.61. The van der Waals surface area contributed by atoms with E-state index in [9.17, 15) is 0 Å². The quantitative estimate of drug-likeness (QED) is 0.853. The Kier molecular flexibility index (Phi) is 3.03. The van der Waals surface area contributed by atoms with Gasteiger partial charge in [-0.05, 0) is 13.3 Å². The zero-order valence-electron chi connectivity index (χ0n) is 9.99. The van der Waals surface area contributed by atoms with E-state index in [1.54, 1.807) is 6.33 Å². The van der Waals surface area contributed by atoms with Crippen molar-refractivity contribution in [3.05, 3.63) is 12.2 Å². The molecule has 0 spiro atoms. The van der Waals surface area contributed by atoms with Crippen LogP contribution in [0.15, 0.2) is 6.33 Å². The summed E-state index contributed by atoms with van der Waals surface area (Å²) in [6.45, 7) is 5.08. The predicted molar refractivity (Wildman–Crippen MR) is 64.6 cm³/mol. The molecule has 0 fully saturated rings. The van der Waals surface area contributed by atoms with Gasteiger partial charge in [0.25, 0.3) is 0 Å². The van der Waals surface area contributed by atoms with Crippen LogP contribution < -0.4 is 4.90 Å². The van der Waals surface area contributed by atoms with E-state index in [1.165, 1.54) is 6.42 Å². The van der Waals surface area contributed by atoms with E-state index < -0.39 is 0 Å². The first-order valence-electron chi connectivity index (χ1n) is 5.61. The molecular formula is C11H17N5. The first kappa shape index (κ1) is 10.9. The van der Waals surface area contributed by atoms with E-state index in [0.29, 0.717) is 0 Å². The van der Waals surface area contributed by atoms with Crippen molar-refractivity contribution in [2.45, 2.75) is 26.7 Å². The monoisotopic (exact) mass is 219 g/mol. The highest BCUT2D eigenvalue weighted by Crippen LogP contribution is 2.19. The number of fused-ring (bicyclic) bond motifs is 1. The fraction of sp³-hybridized carbons (Fsp3) is 0.545. The molecule has 0 atom stereocenters. The lowest BCUT2D eigenvalue weighted by Gasteiger charge is -2.18. The zero-order chi connectivity index (χ0) is 11.5. The van der Waals surface area contributed by atoms with Gasteiger partial charge in [0.15, 0.2) is 11.5 Å². The van der Waals surface area contributed by atoms with Crippen molar-refractivity contribution in [1.82, 2.24) is 19.9 Å². The summed E-state index contributed by atoms with van der Waals surface area (Å²) in [6.07, 6.45) is 4.01. The minimum absolute atomic E-state index is 0.742. The van der Waals surface area contributed by atoms with Gasteiger partial charge in [-0.2, -0.15) is 0 Å². The van der Waals surface area contributed by atoms with Gasteiger partial charge in [0.1, 0.15) is 11.3 Å². The number of imidazole rings is 1. The van der Waals surface area contributed by atoms with E-state index in [4.69, 9.17) is 0 Å². The highest BCUT2D eigenvalue weighted by atomic mass is 15.2. The molecule has 0 saturated carbocycles. The van der Waals surface area contributed by atoms with Gasteiger partial charge in [0.05, 0.1) is 6.33 Å². The van der Waals surface area contributed by atoms with Crippen molar-refractivity contribution < 1.29 is 0 Å². The second-order valence-electron chi connectivity index (χ2n) is 3.97. The lowest BCUT2D eigenvalue weighted by Crippen LogP contribution is -2.20. The van der Waals surface area contributed by atoms with E-state index in [2.05, 4.69) is 38.8 Å². The minimum Gasteiger partial charge on any atom is -0.358 e. The summed E-state index contributed by atoms with van der Waals surface area (Å²) in [4.78, 5) is 18.2. The van der Waals surface area contributed by atoms with Crippen LogP contribution in [0.25, 0.3) is 11.2 Å². The molecule has 0 aliphatic rings. The normalized spacial score (nSPS) is 10.9. The summed E-state index contributed by atoms with van der Waals surface area (Å²) in [6, 6.07) is 0. The van der Waals surface area contributed by atoms with Crippen molar-refractivity contribution in [2.24, 2.45) is 0 Å². The van der Waals surface area contributed by atoms with Crippen LogP contribution in [-0.4, -0.2) is 33.5 Å². The van der Waals surface area contributed by atoms with Crippen LogP contribution in [0.5, 0.6) is 0 Å². The van der Waals surface area contributed by atoms with Crippen LogP contribution in [0.1, 0.15) is 25.6 Å². The number of nitrogens with zero attached hydrogens (tertiary/aromatic N) is 4. The Balaban J connectivity index is 2.38. The molecule has 0 saturated heterocycles. The largest absolute Gasteiger partial charge is 0.358 e. The molecule has 0 unspecified atom stereocenters. The van der Waals surface area contributed by atoms with Gasteiger partial charge in [-0.25, -0.2) is 15.0 Å². The lowest BCUT2D eigenvalue weighted by molar-refractivity contribution is 0.759. The molecule has 0 amide bonds. The predicted octanol–water partition coefficient (Wildman–Crippen LogP) is 1.90. The molecule has 0 aliphatic heterocycles. The van der Waals surface area contributed by atoms with Crippen LogP contribution >= 0.6 is 0 Å². The summed E-state index contributed by atoms with van der Waals surface area (Å²) in [5.41, 5.74) is 1.66. The number of unbranched alkanes of at least 4 members (excludes halogenated alkanes) is 1. The maximum absolute atomic E-state index is 4.47. The molecule has 1 N–H and O–H groups in total. The maximum atomic E-state index is 4.47. The third-order valence-electron chi connectivity index (χ3n) is 2.59. The molecule has 2 aromatic heterocycles. The highest BCUT2D eigenvalue weighted by molar-refractivity contribution is 5.82. The second-order valence-corrected chi connectivity index (χ2v) is 3.97. The number of hydrogen-bond acceptors (Lipinski definition) is 4. The Bertz CT molecular complexity index is 476. The number of aromatic amines is 1. The molecule has 0 radical (unpaired) electrons. The fourth-order valence-electron chi connectivity index (χ4n) is 1.70. The van der Waals surface area contributed by atoms with Gasteiger partial charge >= 0.3 is 0 Å². The third kappa shape index (κ3) is 1.98. The molecule has 0 aromatic carbocycles. The van der Waals surface area contributed by atoms with Crippen LogP contribution in [0.2, 0.25) is 0 Å². The lowest BCUT2D eigenvalue weighted by atomic mass is 10.3. The molecular weight excluding hydrogens is 202 g/mol. The second kappa shape index (κ2) is 4.47. The molecule has 5 heteroatoms. The van der Waals surface area contributed by atoms with Crippen LogP contribution in [-0.2, 0) is 0 Å². The number of aromatic nitrogens is 4. The third-order valence-corrected chi connectivity index (χ3v) is 2.59. The van der Waals surface area contributed by atoms with Gasteiger partial charge in [-0.3, -0.25) is 0 Å². The minimum atomic E-state index is 0.742. The zero-order valence-corrected chi connectivity index (χ0v) is 9.99. The number of aryl methyl sites for hydroxylation is 1. The van der Waals surface area contributed by atoms with Crippen LogP contribution in [0.4, 0.5) is 5.82 Å². The molecule has 2 heterocycles. The number of rotatable bonds is 4. The Morgan fingerprint density at radius 1 is 1.38 bits per heavy atom. The van der Waals surface area contributed by atoms with Crippen LogP contribution in [0.3, 0.4) is 0 Å². The van der Waals surface area contributed by atoms with Gasteiger partial charge in [0.2, 0.25) is 0 Å². The average Bonchev–Trinajstić information content (AvgIpc) is 2.72. The topological polar surface area (TPSA) is 57.7 Å². The standard InChI is InChI=1S/C11H17N5/c1-4-5-6-16(3)11-9-10(13-7-12-9)14-8(2)15-11/h7H,4-6H2,1-3H3,(H,12,13,14,15). The van der Waals surface area contributed by atoms with Crippen molar-refractivity contribution in [2.75, 3.05) is 18.5 Å². The fourth-order valence-corrected chi connectivity index (χ4v) is 1.70. The number of nitrogens with one attached hydrogen (secondary N) is 1. The van der Waals surface area contributed by atoms with Crippen molar-refractivity contribution in [3.63, 3.8) is 0 Å². The SMILES string of the molecule is CCCCN(C)c1nc(C)nc2nc[nH]c12. The summed E-state index contributed by atoms with van der Waals surface area (Å²) in [5.74, 6) is 1.70. The summed E-state index contributed by atoms with van der Waals surface area (Å²) < 4.78 is 0. The summed E-state index contributed by atoms with van der Waals surface area (Å²) in [7, 11) is 2.05. The van der Waals surface area contributed by atoms with E-state index in [0.717, 1.165) is 35.8 Å². The van der Waals surface area contributed by atoms with Gasteiger partial charge in [-0.15, -0.1) is 0 Å². The molecule has 2 rings (SSSR count). The Labute approximate surface area is 94.9 Å². The number of hydrogen-bond donors (Lipinski definition) is 1. The molecule has 5 nitrogen and oxygen atoms in total. The van der Waals surface area contributed by atoms with E-state index >= 15 is 0 Å². The van der Waals surface area contributed by atoms with Gasteiger partial charge < -0.3 is 9.88 Å². The van der Waals surface area contributed by atoms with Crippen molar-refractivity contribution in [3.8, 4) is 0 Å². The Morgan fingerprint density at radius 3 is 2.94 bits per heavy atom. The van der Waals surface area contributed by atoms with Crippen molar-refractivity contribution in [1.29, 1.82) is 0 Å². The molecule has 0 bridgehead atoms. The van der Waals surface area contributed by atoms with Crippen LogP contribution in [0, 0.1) is 6.92 Å². The van der Waals surface area contributed by atoms with E-state index in [-0.39, 0.29) is 0 Å². The molecule has 2 aromatic rings. The Morgan fingerprint density at radius 2 is 2.19 bits per heavy atom. The van der Waals surface area contributed by atoms with Gasteiger partial charge in [-0.1, -0.05) is 13.3 Å². The maximum Gasteiger partial charge on any atom is 0.183 e. The average molecular weight is 219 g/mol. The number of H-pyrrole nitrogens is 1. The van der Waals surface area contributed by atoms with Crippen molar-refractivity contribution >= 4 is 17.0 Å². The summed E-state index contributed by atoms with van der Waals surface area (Å²) in [5, 5.41) is 0. The molecule has 16 heavy (non-hydrogen) atoms. The smallest absolute Gasteiger partial charge is 0.183 e.